The summed E-state index contributed by atoms with van der Waals surface area (Å²) in [5.74, 6) is -3.60. The van der Waals surface area contributed by atoms with Crippen LogP contribution in [0.2, 0.25) is 0 Å². The summed E-state index contributed by atoms with van der Waals surface area (Å²) < 4.78 is 111. The Morgan fingerprint density at radius 1 is 0.230 bits per heavy atom. The van der Waals surface area contributed by atoms with E-state index in [1.54, 1.807) is 0 Å². The second kappa shape index (κ2) is 43.6. The normalized spacial score (nSPS) is 49.7. The van der Waals surface area contributed by atoms with Crippen molar-refractivity contribution in [3.63, 3.8) is 0 Å². The highest BCUT2D eigenvalue weighted by atomic mass is 16.8. The number of ether oxygens (including phenoxy) is 19. The third kappa shape index (κ3) is 22.0. The molecule has 0 radical (unpaired) electrons. The lowest BCUT2D eigenvalue weighted by Crippen LogP contribution is -2.71. The van der Waals surface area contributed by atoms with Crippen LogP contribution in [0.3, 0.4) is 0 Å². The number of amides is 4. The van der Waals surface area contributed by atoms with Crippen LogP contribution in [-0.2, 0) is 109 Å². The van der Waals surface area contributed by atoms with Crippen LogP contribution in [0.1, 0.15) is 34.6 Å². The number of rotatable bonds is 31. The van der Waals surface area contributed by atoms with Crippen molar-refractivity contribution in [3.05, 3.63) is 0 Å². The van der Waals surface area contributed by atoms with Gasteiger partial charge in [0.2, 0.25) is 23.6 Å². The molecule has 0 saturated carbocycles. The van der Waals surface area contributed by atoms with Crippen molar-refractivity contribution in [2.45, 2.75) is 341 Å². The van der Waals surface area contributed by atoms with Crippen molar-refractivity contribution in [1.82, 2.24) is 21.3 Å². The number of aliphatic hydroxyl groups is 27. The molecule has 0 aromatic carbocycles. The van der Waals surface area contributed by atoms with Crippen molar-refractivity contribution >= 4 is 23.6 Å². The molecule has 10 heterocycles. The smallest absolute Gasteiger partial charge is 0.217 e. The van der Waals surface area contributed by atoms with Gasteiger partial charge in [0, 0.05) is 27.7 Å². The van der Waals surface area contributed by atoms with E-state index in [-0.39, 0.29) is 0 Å². The Balaban J connectivity index is 0.909. The highest BCUT2D eigenvalue weighted by molar-refractivity contribution is 5.74. The number of carbonyl (C=O) groups is 4. The average Bonchev–Trinajstić information content (AvgIpc) is 0.768. The summed E-state index contributed by atoms with van der Waals surface area (Å²) in [4.78, 5) is 51.0. The van der Waals surface area contributed by atoms with Crippen molar-refractivity contribution in [1.29, 1.82) is 0 Å². The summed E-state index contributed by atoms with van der Waals surface area (Å²) >= 11 is 0. The van der Waals surface area contributed by atoms with Gasteiger partial charge in [-0.25, -0.2) is 0 Å². The Morgan fingerprint density at radius 3 is 0.844 bits per heavy atom. The van der Waals surface area contributed by atoms with Gasteiger partial charge in [-0.05, 0) is 6.92 Å². The van der Waals surface area contributed by atoms with Crippen LogP contribution >= 0.6 is 0 Å². The predicted molar refractivity (Wildman–Crippen MR) is 375 cm³/mol. The molecular formula is C68H114N4O50. The van der Waals surface area contributed by atoms with Crippen LogP contribution in [0.4, 0.5) is 0 Å². The first-order valence-corrected chi connectivity index (χ1v) is 39.0. The van der Waals surface area contributed by atoms with Crippen LogP contribution in [0.5, 0.6) is 0 Å². The number of carbonyl (C=O) groups excluding carboxylic acids is 4. The fraction of sp³-hybridized carbons (Fsp3) is 0.941. The zero-order chi connectivity index (χ0) is 89.8. The van der Waals surface area contributed by atoms with Gasteiger partial charge in [0.1, 0.15) is 238 Å². The molecule has 10 aliphatic heterocycles. The standard InChI is InChI=1S/C68H114N4O50/c1-15-33(84)41(92)46(97)63(106-15)105-14-28-57(37(88)29(59(103)107-28)69-16(2)80)118-62-32(72-19(5)83)40(91)54(24(10-77)112-62)121-68-51(102)58(122-67-50(101)45(96)56(26(12-79)114-67)117-61-31(71-18(4)82)39(90)53(23(9-76)111-61)120-66-48(99)43(94)35(86)21(7-74)109-66)36(87)27(115-68)13-104-64-49(100)44(95)55(25(11-78)113-64)116-60-30(70-17(3)81)38(89)52(22(8-75)110-60)119-65-47(98)42(93)34(85)20(6-73)108-65/h15,20-68,73-79,84-103H,6-14H2,1-5H3,(H,69,80)(H,70,81)(H,71,82)(H,72,83)/t15-,20-,21-,22-,23-,24-,25-,26-,27-,28-,29-,30-,31-,32-,33+,34+,35+,36-,37-,38-,39-,40-,41+,42+,43+,44-,45-,46-,47-,48-,49+,50+,51+,52-,53-,54-,55-,56-,57-,58+,59?,60?,61?,62?,63?,64?,65?,66?,67?,68?/m1/s1. The van der Waals surface area contributed by atoms with Gasteiger partial charge < -0.3 is 249 Å². The molecule has 10 fully saturated rings. The van der Waals surface area contributed by atoms with Crippen molar-refractivity contribution in [2.75, 3.05) is 59.5 Å². The molecule has 31 N–H and O–H groups in total. The lowest BCUT2D eigenvalue weighted by molar-refractivity contribution is -0.392. The Kier molecular flexibility index (Phi) is 35.8. The third-order valence-electron chi connectivity index (χ3n) is 22.4. The van der Waals surface area contributed by atoms with Gasteiger partial charge >= 0.3 is 0 Å². The van der Waals surface area contributed by atoms with E-state index in [9.17, 15) is 157 Å². The minimum absolute atomic E-state index is 0.833. The van der Waals surface area contributed by atoms with Crippen LogP contribution in [0, 0.1) is 0 Å². The van der Waals surface area contributed by atoms with Crippen LogP contribution in [0.25, 0.3) is 0 Å². The molecule has 0 spiro atoms. The average molecular weight is 1790 g/mol. The van der Waals surface area contributed by atoms with Gasteiger partial charge in [-0.2, -0.15) is 0 Å². The Hall–Kier alpha value is -3.96. The topological polar surface area (TPSA) is 838 Å². The van der Waals surface area contributed by atoms with Gasteiger partial charge in [0.05, 0.1) is 65.6 Å². The zero-order valence-electron chi connectivity index (χ0n) is 65.7. The van der Waals surface area contributed by atoms with Crippen molar-refractivity contribution < 1.29 is 247 Å². The molecule has 10 saturated heterocycles. The molecule has 0 aromatic rings. The summed E-state index contributed by atoms with van der Waals surface area (Å²) in [6.45, 7) is -4.43. The molecule has 0 aromatic heterocycles. The minimum atomic E-state index is -2.54. The molecule has 10 unspecified atom stereocenters. The van der Waals surface area contributed by atoms with E-state index in [2.05, 4.69) is 21.3 Å². The molecule has 706 valence electrons. The molecule has 0 aliphatic carbocycles. The molecule has 54 heteroatoms. The largest absolute Gasteiger partial charge is 0.394 e. The second-order valence-electron chi connectivity index (χ2n) is 31.0. The quantitative estimate of drug-likeness (QED) is 0.0306. The van der Waals surface area contributed by atoms with Gasteiger partial charge in [-0.3, -0.25) is 19.2 Å². The molecule has 54 nitrogen and oxygen atoms in total. The monoisotopic (exact) mass is 1790 g/mol. The zero-order valence-corrected chi connectivity index (χ0v) is 65.7. The first-order chi connectivity index (χ1) is 57.7. The summed E-state index contributed by atoms with van der Waals surface area (Å²) in [5.41, 5.74) is 0. The Labute approximate surface area is 691 Å². The van der Waals surface area contributed by atoms with Crippen LogP contribution < -0.4 is 21.3 Å². The summed E-state index contributed by atoms with van der Waals surface area (Å²) in [6, 6.07) is -7.38. The summed E-state index contributed by atoms with van der Waals surface area (Å²) in [7, 11) is 0. The van der Waals surface area contributed by atoms with E-state index in [0.29, 0.717) is 0 Å². The molecule has 10 aliphatic rings. The van der Waals surface area contributed by atoms with Gasteiger partial charge in [-0.1, -0.05) is 0 Å². The highest BCUT2D eigenvalue weighted by Crippen LogP contribution is 2.40. The number of hydrogen-bond acceptors (Lipinski definition) is 50. The fourth-order valence-electron chi connectivity index (χ4n) is 15.8. The van der Waals surface area contributed by atoms with Gasteiger partial charge in [0.15, 0.2) is 62.9 Å². The molecular weight excluding hydrogens is 1670 g/mol. The predicted octanol–water partition coefficient (Wildman–Crippen LogP) is -21.2. The van der Waals surface area contributed by atoms with E-state index in [1.807, 2.05) is 0 Å². The SMILES string of the molecule is CC(=O)N[C@H]1C(O)O[C@H](COC2O[C@H](C)[C@H](O)[C@H](O)[C@H]2O)[C@@H](OC2O[C@H](CO)[C@@H](OC3O[C@H](COC4O[C@H](CO)[C@@H](OC5O[C@H](CO)[C@@H](OC6O[C@H](CO)[C@H](O)[C@H](O)[C@H]6O)[C@H](O)[C@H]5NC(C)=O)[C@H](O)[C@@H]4O)[C@@H](O)[C@H](OC4O[C@H](CO)[C@@H](OC5O[C@H](CO)[C@@H](OC6O[C@H](CO)[C@H](O)[C@H](O)[C@H]6O)[C@H](O)[C@H]5NC(C)=O)[C@H](O)[C@@H]4O)[C@@H]3O)[C@H](O)[C@H]2NC(C)=O)[C@@H]1O. The Morgan fingerprint density at radius 2 is 0.475 bits per heavy atom. The highest BCUT2D eigenvalue weighted by Gasteiger charge is 2.61. The third-order valence-corrected chi connectivity index (χ3v) is 22.4. The molecule has 10 rings (SSSR count). The first-order valence-electron chi connectivity index (χ1n) is 39.0. The maximum absolute atomic E-state index is 13.2. The van der Waals surface area contributed by atoms with Gasteiger partial charge in [0.25, 0.3) is 0 Å². The summed E-state index contributed by atoms with van der Waals surface area (Å²) in [6.07, 6.45) is -92.8. The number of nitrogens with one attached hydrogen (secondary N) is 4. The molecule has 4 amide bonds. The minimum Gasteiger partial charge on any atom is -0.394 e. The van der Waals surface area contributed by atoms with Crippen molar-refractivity contribution in [3.8, 4) is 0 Å². The first kappa shape index (κ1) is 100. The molecule has 50 atom stereocenters. The van der Waals surface area contributed by atoms with Gasteiger partial charge in [-0.15, -0.1) is 0 Å². The van der Waals surface area contributed by atoms with E-state index >= 15 is 0 Å². The van der Waals surface area contributed by atoms with Crippen LogP contribution in [-0.4, -0.2) is 528 Å². The van der Waals surface area contributed by atoms with Crippen molar-refractivity contribution in [2.24, 2.45) is 0 Å². The van der Waals surface area contributed by atoms with E-state index in [0.717, 1.165) is 27.7 Å². The number of hydrogen-bond donors (Lipinski definition) is 31. The Bertz CT molecular complexity index is 3280. The molecule has 0 bridgehead atoms. The molecule has 122 heavy (non-hydrogen) atoms. The lowest BCUT2D eigenvalue weighted by Gasteiger charge is -2.51. The van der Waals surface area contributed by atoms with Crippen LogP contribution in [0.15, 0.2) is 0 Å². The lowest BCUT2D eigenvalue weighted by atomic mass is 9.93. The summed E-state index contributed by atoms with van der Waals surface area (Å²) in [5, 5.41) is 309. The van der Waals surface area contributed by atoms with E-state index in [4.69, 9.17) is 90.0 Å². The fourth-order valence-corrected chi connectivity index (χ4v) is 15.8. The maximum atomic E-state index is 13.2. The van der Waals surface area contributed by atoms with E-state index in [1.165, 1.54) is 6.92 Å². The van der Waals surface area contributed by atoms with E-state index < -0.39 is 390 Å². The second-order valence-corrected chi connectivity index (χ2v) is 31.0. The maximum Gasteiger partial charge on any atom is 0.217 e. The number of aliphatic hydroxyl groups excluding tert-OH is 27.